The number of carbonyl (C=O) groups excluding carboxylic acids is 1. The van der Waals surface area contributed by atoms with Gasteiger partial charge in [0.2, 0.25) is 5.91 Å². The van der Waals surface area contributed by atoms with Crippen molar-refractivity contribution in [2.24, 2.45) is 0 Å². The molecule has 3 aromatic carbocycles. The van der Waals surface area contributed by atoms with E-state index in [1.165, 1.54) is 18.5 Å². The lowest BCUT2D eigenvalue weighted by Crippen LogP contribution is -2.32. The summed E-state index contributed by atoms with van der Waals surface area (Å²) in [7, 11) is 1.66. The molecule has 0 aromatic heterocycles. The van der Waals surface area contributed by atoms with Crippen LogP contribution in [0.25, 0.3) is 0 Å². The number of ether oxygens (including phenoxy) is 1. The van der Waals surface area contributed by atoms with Crippen molar-refractivity contribution in [3.8, 4) is 5.75 Å². The Labute approximate surface area is 184 Å². The summed E-state index contributed by atoms with van der Waals surface area (Å²) in [5.74, 6) is 0.744. The van der Waals surface area contributed by atoms with Gasteiger partial charge in [-0.2, -0.15) is 0 Å². The van der Waals surface area contributed by atoms with E-state index in [9.17, 15) is 4.79 Å². The number of anilines is 2. The zero-order chi connectivity index (χ0) is 21.5. The molecular weight excluding hydrogens is 386 g/mol. The summed E-state index contributed by atoms with van der Waals surface area (Å²) in [5, 5.41) is 6.40. The minimum Gasteiger partial charge on any atom is -0.497 e. The molecule has 1 amide bonds. The predicted octanol–water partition coefficient (Wildman–Crippen LogP) is 4.61. The first-order valence-electron chi connectivity index (χ1n) is 10.8. The van der Waals surface area contributed by atoms with Crippen molar-refractivity contribution in [3.63, 3.8) is 0 Å². The molecule has 0 bridgehead atoms. The molecule has 1 atom stereocenters. The lowest BCUT2D eigenvalue weighted by molar-refractivity contribution is -0.115. The van der Waals surface area contributed by atoms with Crippen molar-refractivity contribution in [2.75, 3.05) is 37.0 Å². The fourth-order valence-corrected chi connectivity index (χ4v) is 4.00. The van der Waals surface area contributed by atoms with Crippen LogP contribution in [0.15, 0.2) is 78.9 Å². The predicted molar refractivity (Wildman–Crippen MR) is 126 cm³/mol. The molecule has 31 heavy (non-hydrogen) atoms. The maximum atomic E-state index is 12.6. The van der Waals surface area contributed by atoms with Crippen molar-refractivity contribution in [2.45, 2.75) is 18.9 Å². The van der Waals surface area contributed by atoms with Crippen LogP contribution in [0.4, 0.5) is 11.4 Å². The standard InChI is InChI=1S/C26H29N3O2/c1-31-24-15-9-21(10-16-24)26(20-7-3-2-4-8-20)27-19-25(30)28-22-11-13-23(14-12-22)29-17-5-6-18-29/h2-4,7-16,26-27H,5-6,17-19H2,1H3,(H,28,30)/t26-/m0/s1. The summed E-state index contributed by atoms with van der Waals surface area (Å²) < 4.78 is 5.27. The van der Waals surface area contributed by atoms with E-state index in [0.29, 0.717) is 0 Å². The number of benzene rings is 3. The molecule has 1 fully saturated rings. The second kappa shape index (κ2) is 10.1. The van der Waals surface area contributed by atoms with E-state index in [0.717, 1.165) is 35.7 Å². The van der Waals surface area contributed by atoms with Gasteiger partial charge in [0.15, 0.2) is 0 Å². The van der Waals surface area contributed by atoms with E-state index in [4.69, 9.17) is 4.74 Å². The first-order chi connectivity index (χ1) is 15.2. The highest BCUT2D eigenvalue weighted by atomic mass is 16.5. The number of carbonyl (C=O) groups is 1. The summed E-state index contributed by atoms with van der Waals surface area (Å²) >= 11 is 0. The van der Waals surface area contributed by atoms with Gasteiger partial charge in [0.05, 0.1) is 19.7 Å². The Kier molecular flexibility index (Phi) is 6.85. The van der Waals surface area contributed by atoms with Crippen LogP contribution < -0.4 is 20.3 Å². The quantitative estimate of drug-likeness (QED) is 0.564. The van der Waals surface area contributed by atoms with Gasteiger partial charge in [0, 0.05) is 24.5 Å². The molecule has 0 aliphatic carbocycles. The molecule has 1 heterocycles. The van der Waals surface area contributed by atoms with Crippen LogP contribution in [-0.2, 0) is 4.79 Å². The lowest BCUT2D eigenvalue weighted by Gasteiger charge is -2.20. The minimum atomic E-state index is -0.0876. The number of nitrogens with one attached hydrogen (secondary N) is 2. The van der Waals surface area contributed by atoms with Crippen molar-refractivity contribution in [1.29, 1.82) is 0 Å². The van der Waals surface area contributed by atoms with E-state index < -0.39 is 0 Å². The second-order valence-electron chi connectivity index (χ2n) is 7.79. The molecule has 1 aliphatic heterocycles. The Morgan fingerprint density at radius 3 is 2.19 bits per heavy atom. The molecule has 5 heteroatoms. The highest BCUT2D eigenvalue weighted by molar-refractivity contribution is 5.92. The average molecular weight is 416 g/mol. The molecule has 1 saturated heterocycles. The van der Waals surface area contributed by atoms with Crippen molar-refractivity contribution in [1.82, 2.24) is 5.32 Å². The SMILES string of the molecule is COc1ccc([C@@H](NCC(=O)Nc2ccc(N3CCCC3)cc2)c2ccccc2)cc1. The molecular formula is C26H29N3O2. The average Bonchev–Trinajstić information content (AvgIpc) is 3.36. The molecule has 160 valence electrons. The number of nitrogens with zero attached hydrogens (tertiary/aromatic N) is 1. The zero-order valence-electron chi connectivity index (χ0n) is 17.9. The van der Waals surface area contributed by atoms with Gasteiger partial charge in [-0.25, -0.2) is 0 Å². The lowest BCUT2D eigenvalue weighted by atomic mass is 9.98. The smallest absolute Gasteiger partial charge is 0.238 e. The second-order valence-corrected chi connectivity index (χ2v) is 7.79. The van der Waals surface area contributed by atoms with Gasteiger partial charge in [-0.05, 0) is 60.4 Å². The molecule has 1 aliphatic rings. The normalized spacial score (nSPS) is 14.3. The summed E-state index contributed by atoms with van der Waals surface area (Å²) in [4.78, 5) is 15.0. The highest BCUT2D eigenvalue weighted by Crippen LogP contribution is 2.24. The fourth-order valence-electron chi connectivity index (χ4n) is 4.00. The number of amides is 1. The maximum absolute atomic E-state index is 12.6. The topological polar surface area (TPSA) is 53.6 Å². The first-order valence-corrected chi connectivity index (χ1v) is 10.8. The van der Waals surface area contributed by atoms with Crippen LogP contribution in [0.5, 0.6) is 5.75 Å². The number of methoxy groups -OCH3 is 1. The van der Waals surface area contributed by atoms with E-state index in [2.05, 4.69) is 39.8 Å². The van der Waals surface area contributed by atoms with Crippen LogP contribution in [0, 0.1) is 0 Å². The summed E-state index contributed by atoms with van der Waals surface area (Å²) in [6.45, 7) is 2.43. The number of rotatable bonds is 8. The van der Waals surface area contributed by atoms with Crippen LogP contribution in [0.2, 0.25) is 0 Å². The summed E-state index contributed by atoms with van der Waals surface area (Å²) in [5.41, 5.74) is 4.22. The molecule has 0 radical (unpaired) electrons. The highest BCUT2D eigenvalue weighted by Gasteiger charge is 2.16. The van der Waals surface area contributed by atoms with Gasteiger partial charge in [0.1, 0.15) is 5.75 Å². The van der Waals surface area contributed by atoms with E-state index in [-0.39, 0.29) is 18.5 Å². The maximum Gasteiger partial charge on any atom is 0.238 e. The fraction of sp³-hybridized carbons (Fsp3) is 0.269. The first kappa shape index (κ1) is 20.9. The van der Waals surface area contributed by atoms with Gasteiger partial charge in [-0.15, -0.1) is 0 Å². The molecule has 0 unspecified atom stereocenters. The van der Waals surface area contributed by atoms with Gasteiger partial charge in [0.25, 0.3) is 0 Å². The van der Waals surface area contributed by atoms with Gasteiger partial charge in [-0.1, -0.05) is 42.5 Å². The zero-order valence-corrected chi connectivity index (χ0v) is 17.9. The van der Waals surface area contributed by atoms with E-state index >= 15 is 0 Å². The van der Waals surface area contributed by atoms with Gasteiger partial charge >= 0.3 is 0 Å². The largest absolute Gasteiger partial charge is 0.497 e. The third-order valence-corrected chi connectivity index (χ3v) is 5.67. The molecule has 3 aromatic rings. The Hall–Kier alpha value is -3.31. The van der Waals surface area contributed by atoms with Crippen molar-refractivity contribution in [3.05, 3.63) is 90.0 Å². The van der Waals surface area contributed by atoms with Crippen LogP contribution in [-0.4, -0.2) is 32.7 Å². The van der Waals surface area contributed by atoms with Crippen LogP contribution in [0.1, 0.15) is 30.0 Å². The molecule has 0 spiro atoms. The minimum absolute atomic E-state index is 0.0663. The third kappa shape index (κ3) is 5.44. The van der Waals surface area contributed by atoms with Crippen molar-refractivity contribution >= 4 is 17.3 Å². The van der Waals surface area contributed by atoms with Crippen LogP contribution in [0.3, 0.4) is 0 Å². The van der Waals surface area contributed by atoms with E-state index in [1.807, 2.05) is 54.6 Å². The number of hydrogen-bond acceptors (Lipinski definition) is 4. The van der Waals surface area contributed by atoms with Crippen LogP contribution >= 0.6 is 0 Å². The van der Waals surface area contributed by atoms with E-state index in [1.54, 1.807) is 7.11 Å². The molecule has 4 rings (SSSR count). The van der Waals surface area contributed by atoms with Gasteiger partial charge in [-0.3, -0.25) is 10.1 Å². The Morgan fingerprint density at radius 1 is 0.903 bits per heavy atom. The Balaban J connectivity index is 1.39. The summed E-state index contributed by atoms with van der Waals surface area (Å²) in [6.07, 6.45) is 2.50. The van der Waals surface area contributed by atoms with Crippen molar-refractivity contribution < 1.29 is 9.53 Å². The number of hydrogen-bond donors (Lipinski definition) is 2. The van der Waals surface area contributed by atoms with Gasteiger partial charge < -0.3 is 15.0 Å². The molecule has 0 saturated carbocycles. The molecule has 5 nitrogen and oxygen atoms in total. The monoisotopic (exact) mass is 415 g/mol. The Morgan fingerprint density at radius 2 is 1.55 bits per heavy atom. The summed E-state index contributed by atoms with van der Waals surface area (Å²) in [6, 6.07) is 26.1. The molecule has 2 N–H and O–H groups in total. The Bertz CT molecular complexity index is 966. The third-order valence-electron chi connectivity index (χ3n) is 5.67.